The number of nitrogens with two attached hydrogens (primary N) is 1. The zero-order chi connectivity index (χ0) is 10.7. The first kappa shape index (κ1) is 10.6. The zero-order valence-corrected chi connectivity index (χ0v) is 9.28. The van der Waals surface area contributed by atoms with E-state index >= 15 is 0 Å². The van der Waals surface area contributed by atoms with Crippen LogP contribution in [0.5, 0.6) is 0 Å². The first-order chi connectivity index (χ1) is 7.31. The SMILES string of the molecule is CCN1CCC(Cc2cc(CN)no2)C1. The van der Waals surface area contributed by atoms with Crippen molar-refractivity contribution in [3.8, 4) is 0 Å². The fourth-order valence-corrected chi connectivity index (χ4v) is 2.20. The molecule has 1 aliphatic heterocycles. The average Bonchev–Trinajstić information content (AvgIpc) is 2.87. The maximum Gasteiger partial charge on any atom is 0.137 e. The number of nitrogens with zero attached hydrogens (tertiary/aromatic N) is 2. The van der Waals surface area contributed by atoms with E-state index in [1.807, 2.05) is 6.07 Å². The summed E-state index contributed by atoms with van der Waals surface area (Å²) in [6, 6.07) is 1.98. The Morgan fingerprint density at radius 3 is 3.13 bits per heavy atom. The van der Waals surface area contributed by atoms with Crippen LogP contribution in [0.25, 0.3) is 0 Å². The lowest BCUT2D eigenvalue weighted by molar-refractivity contribution is 0.325. The molecule has 1 aliphatic rings. The van der Waals surface area contributed by atoms with Crippen LogP contribution < -0.4 is 5.73 Å². The van der Waals surface area contributed by atoms with E-state index in [1.54, 1.807) is 0 Å². The number of hydrogen-bond donors (Lipinski definition) is 1. The summed E-state index contributed by atoms with van der Waals surface area (Å²) in [5.74, 6) is 1.71. The van der Waals surface area contributed by atoms with Crippen LogP contribution in [-0.4, -0.2) is 29.7 Å². The maximum atomic E-state index is 5.48. The highest BCUT2D eigenvalue weighted by atomic mass is 16.5. The van der Waals surface area contributed by atoms with Crippen LogP contribution >= 0.6 is 0 Å². The van der Waals surface area contributed by atoms with E-state index in [4.69, 9.17) is 10.3 Å². The molecule has 0 radical (unpaired) electrons. The van der Waals surface area contributed by atoms with E-state index in [0.717, 1.165) is 30.3 Å². The van der Waals surface area contributed by atoms with Gasteiger partial charge >= 0.3 is 0 Å². The number of hydrogen-bond acceptors (Lipinski definition) is 4. The quantitative estimate of drug-likeness (QED) is 0.804. The number of aromatic nitrogens is 1. The van der Waals surface area contributed by atoms with Gasteiger partial charge in [-0.25, -0.2) is 0 Å². The van der Waals surface area contributed by atoms with Gasteiger partial charge in [-0.2, -0.15) is 0 Å². The molecule has 2 heterocycles. The molecule has 0 spiro atoms. The van der Waals surface area contributed by atoms with Crippen LogP contribution in [0, 0.1) is 5.92 Å². The third kappa shape index (κ3) is 2.58. The molecule has 0 saturated carbocycles. The Bertz CT molecular complexity index is 311. The lowest BCUT2D eigenvalue weighted by atomic mass is 10.0. The van der Waals surface area contributed by atoms with E-state index in [1.165, 1.54) is 19.5 Å². The van der Waals surface area contributed by atoms with Crippen LogP contribution in [-0.2, 0) is 13.0 Å². The molecule has 1 atom stereocenters. The van der Waals surface area contributed by atoms with E-state index in [9.17, 15) is 0 Å². The van der Waals surface area contributed by atoms with E-state index in [-0.39, 0.29) is 0 Å². The molecule has 1 aromatic rings. The first-order valence-corrected chi connectivity index (χ1v) is 5.68. The van der Waals surface area contributed by atoms with Crippen molar-refractivity contribution in [3.05, 3.63) is 17.5 Å². The van der Waals surface area contributed by atoms with Gasteiger partial charge < -0.3 is 15.2 Å². The predicted molar refractivity (Wildman–Crippen MR) is 58.3 cm³/mol. The summed E-state index contributed by atoms with van der Waals surface area (Å²) in [5.41, 5.74) is 6.34. The van der Waals surface area contributed by atoms with Gasteiger partial charge in [-0.15, -0.1) is 0 Å². The Kier molecular flexibility index (Phi) is 3.38. The van der Waals surface area contributed by atoms with E-state index < -0.39 is 0 Å². The van der Waals surface area contributed by atoms with Gasteiger partial charge in [0.05, 0.1) is 5.69 Å². The van der Waals surface area contributed by atoms with Crippen molar-refractivity contribution in [1.82, 2.24) is 10.1 Å². The summed E-state index contributed by atoms with van der Waals surface area (Å²) < 4.78 is 5.24. The van der Waals surface area contributed by atoms with Crippen LogP contribution in [0.1, 0.15) is 24.8 Å². The molecule has 0 amide bonds. The third-order valence-electron chi connectivity index (χ3n) is 3.12. The third-order valence-corrected chi connectivity index (χ3v) is 3.12. The number of likely N-dealkylation sites (tertiary alicyclic amines) is 1. The van der Waals surface area contributed by atoms with Crippen LogP contribution in [0.15, 0.2) is 10.6 Å². The highest BCUT2D eigenvalue weighted by molar-refractivity contribution is 5.06. The van der Waals surface area contributed by atoms with Crippen molar-refractivity contribution in [2.24, 2.45) is 11.7 Å². The fraction of sp³-hybridized carbons (Fsp3) is 0.727. The van der Waals surface area contributed by atoms with Crippen molar-refractivity contribution in [2.45, 2.75) is 26.3 Å². The van der Waals surface area contributed by atoms with E-state index in [2.05, 4.69) is 17.0 Å². The van der Waals surface area contributed by atoms with Crippen LogP contribution in [0.4, 0.5) is 0 Å². The minimum atomic E-state index is 0.468. The maximum absolute atomic E-state index is 5.48. The standard InChI is InChI=1S/C11H19N3O/c1-2-14-4-3-9(8-14)5-11-6-10(7-12)13-15-11/h6,9H,2-5,7-8,12H2,1H3. The van der Waals surface area contributed by atoms with E-state index in [0.29, 0.717) is 6.54 Å². The molecule has 2 rings (SSSR count). The molecule has 4 nitrogen and oxygen atoms in total. The summed E-state index contributed by atoms with van der Waals surface area (Å²) in [6.07, 6.45) is 2.27. The monoisotopic (exact) mass is 209 g/mol. The van der Waals surface area contributed by atoms with Crippen LogP contribution in [0.2, 0.25) is 0 Å². The van der Waals surface area contributed by atoms with Gasteiger partial charge in [0, 0.05) is 25.6 Å². The van der Waals surface area contributed by atoms with Crippen LogP contribution in [0.3, 0.4) is 0 Å². The van der Waals surface area contributed by atoms with Gasteiger partial charge in [0.25, 0.3) is 0 Å². The van der Waals surface area contributed by atoms with Crippen molar-refractivity contribution in [1.29, 1.82) is 0 Å². The molecule has 0 aliphatic carbocycles. The van der Waals surface area contributed by atoms with Gasteiger partial charge in [0.15, 0.2) is 0 Å². The Hall–Kier alpha value is -0.870. The van der Waals surface area contributed by atoms with Crippen molar-refractivity contribution >= 4 is 0 Å². The lowest BCUT2D eigenvalue weighted by Crippen LogP contribution is -2.20. The molecule has 1 fully saturated rings. The Morgan fingerprint density at radius 2 is 2.53 bits per heavy atom. The predicted octanol–water partition coefficient (Wildman–Crippen LogP) is 1.02. The summed E-state index contributed by atoms with van der Waals surface area (Å²) in [6.45, 7) is 6.24. The lowest BCUT2D eigenvalue weighted by Gasteiger charge is -2.11. The first-order valence-electron chi connectivity index (χ1n) is 5.68. The molecular weight excluding hydrogens is 190 g/mol. The Labute approximate surface area is 90.4 Å². The van der Waals surface area contributed by atoms with Gasteiger partial charge in [0.1, 0.15) is 5.76 Å². The van der Waals surface area contributed by atoms with Crippen molar-refractivity contribution in [2.75, 3.05) is 19.6 Å². The summed E-state index contributed by atoms with van der Waals surface area (Å²) in [7, 11) is 0. The van der Waals surface area contributed by atoms with Gasteiger partial charge in [0.2, 0.25) is 0 Å². The second-order valence-electron chi connectivity index (χ2n) is 4.24. The average molecular weight is 209 g/mol. The normalized spacial score (nSPS) is 22.4. The second-order valence-corrected chi connectivity index (χ2v) is 4.24. The Balaban J connectivity index is 1.87. The molecule has 0 bridgehead atoms. The molecule has 4 heteroatoms. The summed E-state index contributed by atoms with van der Waals surface area (Å²) >= 11 is 0. The topological polar surface area (TPSA) is 55.3 Å². The van der Waals surface area contributed by atoms with Crippen molar-refractivity contribution < 1.29 is 4.52 Å². The minimum Gasteiger partial charge on any atom is -0.361 e. The largest absolute Gasteiger partial charge is 0.361 e. The molecule has 84 valence electrons. The minimum absolute atomic E-state index is 0.468. The second kappa shape index (κ2) is 4.77. The molecular formula is C11H19N3O. The number of rotatable bonds is 4. The molecule has 1 aromatic heterocycles. The molecule has 1 saturated heterocycles. The molecule has 15 heavy (non-hydrogen) atoms. The van der Waals surface area contributed by atoms with Gasteiger partial charge in [-0.3, -0.25) is 0 Å². The highest BCUT2D eigenvalue weighted by Gasteiger charge is 2.22. The fourth-order valence-electron chi connectivity index (χ4n) is 2.20. The van der Waals surface area contributed by atoms with Gasteiger partial charge in [-0.1, -0.05) is 12.1 Å². The molecule has 0 aromatic carbocycles. The van der Waals surface area contributed by atoms with Crippen molar-refractivity contribution in [3.63, 3.8) is 0 Å². The Morgan fingerprint density at radius 1 is 1.67 bits per heavy atom. The highest BCUT2D eigenvalue weighted by Crippen LogP contribution is 2.20. The smallest absolute Gasteiger partial charge is 0.137 e. The summed E-state index contributed by atoms with van der Waals surface area (Å²) in [4.78, 5) is 2.48. The summed E-state index contributed by atoms with van der Waals surface area (Å²) in [5, 5.41) is 3.90. The zero-order valence-electron chi connectivity index (χ0n) is 9.28. The molecule has 1 unspecified atom stereocenters. The molecule has 2 N–H and O–H groups in total. The van der Waals surface area contributed by atoms with Gasteiger partial charge in [-0.05, 0) is 25.4 Å².